The van der Waals surface area contributed by atoms with E-state index in [0.29, 0.717) is 0 Å². The van der Waals surface area contributed by atoms with E-state index in [-0.39, 0.29) is 11.9 Å². The van der Waals surface area contributed by atoms with Crippen molar-refractivity contribution < 1.29 is 4.39 Å². The Morgan fingerprint density at radius 3 is 2.76 bits per heavy atom. The van der Waals surface area contributed by atoms with E-state index in [1.165, 1.54) is 17.7 Å². The number of benzene rings is 1. The van der Waals surface area contributed by atoms with Crippen LogP contribution in [0.15, 0.2) is 28.9 Å². The second-order valence-corrected chi connectivity index (χ2v) is 6.14. The number of hydrogen-bond donors (Lipinski definition) is 1. The molecule has 1 N–H and O–H groups in total. The van der Waals surface area contributed by atoms with Gasteiger partial charge in [0.15, 0.2) is 0 Å². The number of hydrogen-bond acceptors (Lipinski definition) is 2. The number of nitrogens with zero attached hydrogens (tertiary/aromatic N) is 2. The lowest BCUT2D eigenvalue weighted by molar-refractivity contribution is 0.525. The molecule has 1 heterocycles. The topological polar surface area (TPSA) is 29.9 Å². The first kappa shape index (κ1) is 16.2. The van der Waals surface area contributed by atoms with Gasteiger partial charge in [0.05, 0.1) is 5.69 Å². The Bertz CT molecular complexity index is 610. The van der Waals surface area contributed by atoms with E-state index in [2.05, 4.69) is 39.5 Å². The lowest BCUT2D eigenvalue weighted by Gasteiger charge is -2.19. The summed E-state index contributed by atoms with van der Waals surface area (Å²) in [4.78, 5) is 0. The molecule has 0 bridgehead atoms. The SMILES string of the molecule is CCCNC(Cc1ccc(F)cc1Br)c1cn(C)nc1C. The third-order valence-corrected chi connectivity index (χ3v) is 4.24. The fourth-order valence-corrected chi connectivity index (χ4v) is 2.99. The molecule has 0 aliphatic rings. The standard InChI is InChI=1S/C16H21BrFN3/c1-4-7-19-16(14-10-21(3)20-11(14)2)8-12-5-6-13(18)9-15(12)17/h5-6,9-10,16,19H,4,7-8H2,1-3H3. The molecular formula is C16H21BrFN3. The Morgan fingerprint density at radius 1 is 1.43 bits per heavy atom. The summed E-state index contributed by atoms with van der Waals surface area (Å²) in [5.74, 6) is -0.221. The molecule has 114 valence electrons. The fourth-order valence-electron chi connectivity index (χ4n) is 2.48. The molecule has 21 heavy (non-hydrogen) atoms. The molecule has 2 rings (SSSR count). The average Bonchev–Trinajstić information content (AvgIpc) is 2.76. The van der Waals surface area contributed by atoms with Crippen LogP contribution >= 0.6 is 15.9 Å². The molecule has 0 radical (unpaired) electrons. The summed E-state index contributed by atoms with van der Waals surface area (Å²) in [7, 11) is 1.93. The minimum Gasteiger partial charge on any atom is -0.310 e. The number of aryl methyl sites for hydroxylation is 2. The lowest BCUT2D eigenvalue weighted by Crippen LogP contribution is -2.24. The highest BCUT2D eigenvalue weighted by Gasteiger charge is 2.17. The van der Waals surface area contributed by atoms with Crippen molar-refractivity contribution in [2.75, 3.05) is 6.54 Å². The molecule has 0 saturated carbocycles. The summed E-state index contributed by atoms with van der Waals surface area (Å²) >= 11 is 3.45. The van der Waals surface area contributed by atoms with Crippen LogP contribution in [-0.4, -0.2) is 16.3 Å². The van der Waals surface area contributed by atoms with Crippen molar-refractivity contribution in [3.05, 3.63) is 51.5 Å². The van der Waals surface area contributed by atoms with Crippen LogP contribution in [0.4, 0.5) is 4.39 Å². The van der Waals surface area contributed by atoms with Gasteiger partial charge in [0.2, 0.25) is 0 Å². The average molecular weight is 354 g/mol. The molecule has 0 aliphatic carbocycles. The van der Waals surface area contributed by atoms with Gasteiger partial charge in [0.1, 0.15) is 5.82 Å². The third kappa shape index (κ3) is 4.14. The van der Waals surface area contributed by atoms with E-state index >= 15 is 0 Å². The van der Waals surface area contributed by atoms with Gasteiger partial charge in [-0.2, -0.15) is 5.10 Å². The van der Waals surface area contributed by atoms with E-state index in [1.54, 1.807) is 0 Å². The molecule has 1 unspecified atom stereocenters. The van der Waals surface area contributed by atoms with Crippen LogP contribution in [0.25, 0.3) is 0 Å². The van der Waals surface area contributed by atoms with Crippen molar-refractivity contribution >= 4 is 15.9 Å². The predicted octanol–water partition coefficient (Wildman–Crippen LogP) is 3.91. The van der Waals surface area contributed by atoms with Crippen molar-refractivity contribution in [3.8, 4) is 0 Å². The maximum atomic E-state index is 13.2. The zero-order chi connectivity index (χ0) is 15.4. The van der Waals surface area contributed by atoms with Gasteiger partial charge in [-0.3, -0.25) is 4.68 Å². The van der Waals surface area contributed by atoms with E-state index in [0.717, 1.165) is 35.1 Å². The maximum Gasteiger partial charge on any atom is 0.124 e. The van der Waals surface area contributed by atoms with Crippen molar-refractivity contribution in [2.45, 2.75) is 32.7 Å². The number of aromatic nitrogens is 2. The summed E-state index contributed by atoms with van der Waals surface area (Å²) in [6.45, 7) is 5.11. The third-order valence-electron chi connectivity index (χ3n) is 3.51. The van der Waals surface area contributed by atoms with Gasteiger partial charge < -0.3 is 5.32 Å². The minimum atomic E-state index is -0.221. The summed E-state index contributed by atoms with van der Waals surface area (Å²) in [6, 6.07) is 5.04. The van der Waals surface area contributed by atoms with E-state index < -0.39 is 0 Å². The van der Waals surface area contributed by atoms with Gasteiger partial charge in [0, 0.05) is 29.3 Å². The first-order valence-electron chi connectivity index (χ1n) is 7.18. The number of nitrogens with one attached hydrogen (secondary N) is 1. The molecule has 1 aromatic heterocycles. The molecule has 0 spiro atoms. The van der Waals surface area contributed by atoms with Crippen LogP contribution in [0.3, 0.4) is 0 Å². The lowest BCUT2D eigenvalue weighted by atomic mass is 9.99. The van der Waals surface area contributed by atoms with Gasteiger partial charge in [-0.1, -0.05) is 28.9 Å². The smallest absolute Gasteiger partial charge is 0.124 e. The monoisotopic (exact) mass is 353 g/mol. The van der Waals surface area contributed by atoms with E-state index in [1.807, 2.05) is 24.7 Å². The van der Waals surface area contributed by atoms with Crippen LogP contribution in [0.2, 0.25) is 0 Å². The molecule has 0 fully saturated rings. The van der Waals surface area contributed by atoms with Crippen molar-refractivity contribution in [3.63, 3.8) is 0 Å². The highest BCUT2D eigenvalue weighted by molar-refractivity contribution is 9.10. The quantitative estimate of drug-likeness (QED) is 0.852. The Labute approximate surface area is 133 Å². The van der Waals surface area contributed by atoms with Crippen LogP contribution in [0, 0.1) is 12.7 Å². The molecule has 3 nitrogen and oxygen atoms in total. The Hall–Kier alpha value is -1.20. The highest BCUT2D eigenvalue weighted by Crippen LogP contribution is 2.26. The summed E-state index contributed by atoms with van der Waals surface area (Å²) in [6.07, 6.45) is 3.92. The number of rotatable bonds is 6. The van der Waals surface area contributed by atoms with Gasteiger partial charge in [-0.05, 0) is 44.0 Å². The summed E-state index contributed by atoms with van der Waals surface area (Å²) in [5.41, 5.74) is 3.32. The second kappa shape index (κ2) is 7.18. The van der Waals surface area contributed by atoms with Gasteiger partial charge >= 0.3 is 0 Å². The molecule has 1 atom stereocenters. The number of halogens is 2. The molecule has 5 heteroatoms. The maximum absolute atomic E-state index is 13.2. The fraction of sp³-hybridized carbons (Fsp3) is 0.438. The Morgan fingerprint density at radius 2 is 2.19 bits per heavy atom. The summed E-state index contributed by atoms with van der Waals surface area (Å²) < 4.78 is 15.9. The molecule has 2 aromatic rings. The van der Waals surface area contributed by atoms with Gasteiger partial charge in [-0.15, -0.1) is 0 Å². The first-order chi connectivity index (χ1) is 10.0. The Kier molecular flexibility index (Phi) is 5.53. The molecular weight excluding hydrogens is 333 g/mol. The first-order valence-corrected chi connectivity index (χ1v) is 7.98. The van der Waals surface area contributed by atoms with Crippen molar-refractivity contribution in [2.24, 2.45) is 7.05 Å². The minimum absolute atomic E-state index is 0.181. The van der Waals surface area contributed by atoms with Crippen LogP contribution in [-0.2, 0) is 13.5 Å². The van der Waals surface area contributed by atoms with Crippen molar-refractivity contribution in [1.29, 1.82) is 0 Å². The van der Waals surface area contributed by atoms with Gasteiger partial charge in [0.25, 0.3) is 0 Å². The second-order valence-electron chi connectivity index (χ2n) is 5.29. The van der Waals surface area contributed by atoms with E-state index in [9.17, 15) is 4.39 Å². The van der Waals surface area contributed by atoms with Crippen LogP contribution < -0.4 is 5.32 Å². The largest absolute Gasteiger partial charge is 0.310 e. The predicted molar refractivity (Wildman–Crippen MR) is 86.8 cm³/mol. The molecule has 0 amide bonds. The van der Waals surface area contributed by atoms with Gasteiger partial charge in [-0.25, -0.2) is 4.39 Å². The van der Waals surface area contributed by atoms with Crippen LogP contribution in [0.5, 0.6) is 0 Å². The van der Waals surface area contributed by atoms with Crippen molar-refractivity contribution in [1.82, 2.24) is 15.1 Å². The molecule has 1 aromatic carbocycles. The van der Waals surface area contributed by atoms with E-state index in [4.69, 9.17) is 0 Å². The normalized spacial score (nSPS) is 12.6. The zero-order valence-corrected chi connectivity index (χ0v) is 14.2. The molecule has 0 saturated heterocycles. The van der Waals surface area contributed by atoms with Crippen LogP contribution in [0.1, 0.15) is 36.2 Å². The summed E-state index contributed by atoms with van der Waals surface area (Å²) in [5, 5.41) is 7.99. The molecule has 0 aliphatic heterocycles. The zero-order valence-electron chi connectivity index (χ0n) is 12.7. The highest BCUT2D eigenvalue weighted by atomic mass is 79.9. The Balaban J connectivity index is 2.26.